The maximum absolute atomic E-state index is 14.1. The van der Waals surface area contributed by atoms with Crippen LogP contribution in [0.15, 0.2) is 48.5 Å². The number of amides is 7. The molecule has 0 aromatic heterocycles. The Labute approximate surface area is 320 Å². The summed E-state index contributed by atoms with van der Waals surface area (Å²) in [5.41, 5.74) is 0.735. The van der Waals surface area contributed by atoms with Crippen LogP contribution in [0.1, 0.15) is 76.7 Å². The van der Waals surface area contributed by atoms with Crippen molar-refractivity contribution in [2.75, 3.05) is 11.9 Å². The largest absolute Gasteiger partial charge is 0.508 e. The smallest absolute Gasteiger partial charge is 0.254 e. The second-order valence-electron chi connectivity index (χ2n) is 14.7. The summed E-state index contributed by atoms with van der Waals surface area (Å²) < 4.78 is 0. The lowest BCUT2D eigenvalue weighted by atomic mass is 9.97. The summed E-state index contributed by atoms with van der Waals surface area (Å²) >= 11 is 0. The molecule has 7 amide bonds. The van der Waals surface area contributed by atoms with Crippen molar-refractivity contribution in [1.82, 2.24) is 31.5 Å². The lowest BCUT2D eigenvalue weighted by Gasteiger charge is -2.32. The Bertz CT molecular complexity index is 1750. The van der Waals surface area contributed by atoms with Gasteiger partial charge in [0.15, 0.2) is 0 Å². The molecule has 0 spiro atoms. The van der Waals surface area contributed by atoms with E-state index in [4.69, 9.17) is 0 Å². The number of anilines is 1. The second kappa shape index (κ2) is 18.7. The molecule has 8 N–H and O–H groups in total. The first-order valence-corrected chi connectivity index (χ1v) is 18.7. The molecule has 1 saturated heterocycles. The van der Waals surface area contributed by atoms with Crippen molar-refractivity contribution in [3.05, 3.63) is 59.7 Å². The standard InChI is InChI=1S/C39H53N7O9/c1-7-21(4)31-39(55)46-18-10-13-29(46)36(52)41-27-12-9-8-11-26(27)34(50)43-30(20(2)3)37(53)42-28(19-24-14-16-25(48)17-15-24)35(51)45-32(23(6)47)38(54)40-22(5)33(49)44-31/h8-9,11-12,14-17,20-23,28-32,47-48H,7,10,13,18-19H2,1-6H3,(H,40,54)(H,41,52)(H,42,53)(H,43,50)(H,44,49)(H,45,51). The number of nitrogens with zero attached hydrogens (tertiary/aromatic N) is 1. The average Bonchev–Trinajstić information content (AvgIpc) is 3.64. The molecule has 0 aliphatic carbocycles. The minimum Gasteiger partial charge on any atom is -0.508 e. The van der Waals surface area contributed by atoms with Crippen molar-refractivity contribution in [3.63, 3.8) is 0 Å². The van der Waals surface area contributed by atoms with Crippen molar-refractivity contribution < 1.29 is 43.8 Å². The molecule has 0 saturated carbocycles. The minimum absolute atomic E-state index is 0.0248. The zero-order chi connectivity index (χ0) is 40.6. The summed E-state index contributed by atoms with van der Waals surface area (Å²) in [7, 11) is 0. The third-order valence-corrected chi connectivity index (χ3v) is 10.1. The number of aliphatic hydroxyl groups is 1. The maximum Gasteiger partial charge on any atom is 0.254 e. The Balaban J connectivity index is 1.76. The minimum atomic E-state index is -1.58. The third-order valence-electron chi connectivity index (χ3n) is 10.1. The number of phenols is 1. The fourth-order valence-corrected chi connectivity index (χ4v) is 6.57. The van der Waals surface area contributed by atoms with Crippen LogP contribution in [0.2, 0.25) is 0 Å². The first-order chi connectivity index (χ1) is 26.0. The zero-order valence-electron chi connectivity index (χ0n) is 32.0. The van der Waals surface area contributed by atoms with Gasteiger partial charge in [-0.1, -0.05) is 58.4 Å². The molecule has 298 valence electrons. The molecule has 2 aliphatic rings. The Kier molecular flexibility index (Phi) is 14.4. The second-order valence-corrected chi connectivity index (χ2v) is 14.7. The summed E-state index contributed by atoms with van der Waals surface area (Å²) in [6, 6.07) is 4.86. The topological polar surface area (TPSA) is 235 Å². The molecule has 1 fully saturated rings. The van der Waals surface area contributed by atoms with E-state index in [0.29, 0.717) is 24.8 Å². The van der Waals surface area contributed by atoms with Crippen LogP contribution in [0.5, 0.6) is 5.75 Å². The number of phenolic OH excluding ortho intramolecular Hbond substituents is 1. The summed E-state index contributed by atoms with van der Waals surface area (Å²) in [5, 5.41) is 36.4. The summed E-state index contributed by atoms with van der Waals surface area (Å²) in [6.07, 6.45) is -0.204. The number of aromatic hydroxyl groups is 1. The van der Waals surface area contributed by atoms with E-state index in [0.717, 1.165) is 0 Å². The number of rotatable bonds is 6. The molecule has 55 heavy (non-hydrogen) atoms. The monoisotopic (exact) mass is 763 g/mol. The first-order valence-electron chi connectivity index (χ1n) is 18.7. The van der Waals surface area contributed by atoms with E-state index in [9.17, 15) is 43.8 Å². The number of fused-ring (bicyclic) bond motifs is 2. The van der Waals surface area contributed by atoms with E-state index < -0.39 is 89.6 Å². The van der Waals surface area contributed by atoms with Gasteiger partial charge >= 0.3 is 0 Å². The molecular weight excluding hydrogens is 710 g/mol. The van der Waals surface area contributed by atoms with Gasteiger partial charge in [0.2, 0.25) is 35.4 Å². The van der Waals surface area contributed by atoms with Gasteiger partial charge < -0.3 is 47.0 Å². The molecule has 2 aliphatic heterocycles. The van der Waals surface area contributed by atoms with Gasteiger partial charge in [0.05, 0.1) is 17.4 Å². The fourth-order valence-electron chi connectivity index (χ4n) is 6.57. The van der Waals surface area contributed by atoms with Gasteiger partial charge in [-0.2, -0.15) is 0 Å². The summed E-state index contributed by atoms with van der Waals surface area (Å²) in [6.45, 7) is 9.94. The van der Waals surface area contributed by atoms with Gasteiger partial charge in [0, 0.05) is 13.0 Å². The van der Waals surface area contributed by atoms with Crippen LogP contribution < -0.4 is 31.9 Å². The first kappa shape index (κ1) is 42.2. The highest BCUT2D eigenvalue weighted by Crippen LogP contribution is 2.24. The van der Waals surface area contributed by atoms with Crippen LogP contribution in [-0.4, -0.2) is 105 Å². The average molecular weight is 764 g/mol. The molecule has 4 rings (SSSR count). The van der Waals surface area contributed by atoms with Crippen molar-refractivity contribution in [2.45, 2.75) is 110 Å². The maximum atomic E-state index is 14.1. The Morgan fingerprint density at radius 2 is 1.38 bits per heavy atom. The third kappa shape index (κ3) is 10.6. The Hall–Kier alpha value is -5.51. The number of nitrogens with one attached hydrogen (secondary N) is 6. The van der Waals surface area contributed by atoms with E-state index >= 15 is 0 Å². The van der Waals surface area contributed by atoms with Gasteiger partial charge in [-0.05, 0) is 68.4 Å². The molecule has 0 bridgehead atoms. The molecule has 8 unspecified atom stereocenters. The van der Waals surface area contributed by atoms with Crippen molar-refractivity contribution in [1.29, 1.82) is 0 Å². The number of para-hydroxylation sites is 1. The van der Waals surface area contributed by atoms with Crippen LogP contribution in [0.3, 0.4) is 0 Å². The van der Waals surface area contributed by atoms with Crippen molar-refractivity contribution in [2.24, 2.45) is 11.8 Å². The molecule has 2 aromatic carbocycles. The summed E-state index contributed by atoms with van der Waals surface area (Å²) in [4.78, 5) is 97.9. The van der Waals surface area contributed by atoms with Crippen molar-refractivity contribution >= 4 is 47.0 Å². The van der Waals surface area contributed by atoms with Gasteiger partial charge in [0.25, 0.3) is 5.91 Å². The molecule has 2 heterocycles. The Morgan fingerprint density at radius 1 is 0.745 bits per heavy atom. The highest BCUT2D eigenvalue weighted by Gasteiger charge is 2.41. The number of aliphatic hydroxyl groups excluding tert-OH is 1. The molecule has 8 atom stereocenters. The number of carbonyl (C=O) groups is 7. The normalized spacial score (nSPS) is 26.1. The van der Waals surface area contributed by atoms with Crippen molar-refractivity contribution in [3.8, 4) is 5.75 Å². The highest BCUT2D eigenvalue weighted by molar-refractivity contribution is 6.07. The number of hydrogen-bond donors (Lipinski definition) is 8. The quantitative estimate of drug-likeness (QED) is 0.207. The van der Waals surface area contributed by atoms with Crippen LogP contribution in [0.25, 0.3) is 0 Å². The predicted octanol–water partition coefficient (Wildman–Crippen LogP) is 0.718. The predicted molar refractivity (Wildman–Crippen MR) is 202 cm³/mol. The van der Waals surface area contributed by atoms with E-state index in [-0.39, 0.29) is 35.9 Å². The number of benzene rings is 2. The molecule has 2 aromatic rings. The van der Waals surface area contributed by atoms with Gasteiger partial charge in [-0.15, -0.1) is 0 Å². The molecule has 16 heteroatoms. The van der Waals surface area contributed by atoms with Crippen LogP contribution in [0.4, 0.5) is 5.69 Å². The number of carbonyl (C=O) groups excluding carboxylic acids is 7. The fraction of sp³-hybridized carbons (Fsp3) is 0.513. The van der Waals surface area contributed by atoms with Crippen LogP contribution >= 0.6 is 0 Å². The van der Waals surface area contributed by atoms with Crippen LogP contribution in [-0.2, 0) is 35.2 Å². The zero-order valence-corrected chi connectivity index (χ0v) is 32.0. The van der Waals surface area contributed by atoms with E-state index in [1.54, 1.807) is 45.0 Å². The molecular formula is C39H53N7O9. The van der Waals surface area contributed by atoms with Crippen LogP contribution in [0, 0.1) is 11.8 Å². The Morgan fingerprint density at radius 3 is 2.02 bits per heavy atom. The van der Waals surface area contributed by atoms with Gasteiger partial charge in [0.1, 0.15) is 42.0 Å². The lowest BCUT2D eigenvalue weighted by Crippen LogP contribution is -2.62. The van der Waals surface area contributed by atoms with E-state index in [2.05, 4.69) is 31.9 Å². The molecule has 16 nitrogen and oxygen atoms in total. The number of hydrogen-bond acceptors (Lipinski definition) is 9. The van der Waals surface area contributed by atoms with Gasteiger partial charge in [-0.25, -0.2) is 0 Å². The summed E-state index contributed by atoms with van der Waals surface area (Å²) in [5.74, 6) is -5.78. The van der Waals surface area contributed by atoms with E-state index in [1.807, 2.05) is 6.92 Å². The highest BCUT2D eigenvalue weighted by atomic mass is 16.3. The lowest BCUT2D eigenvalue weighted by molar-refractivity contribution is -0.142. The van der Waals surface area contributed by atoms with Gasteiger partial charge in [-0.3, -0.25) is 33.6 Å². The SMILES string of the molecule is CCC(C)C1NC(=O)C(C)NC(=O)C(C(C)O)NC(=O)C(Cc2ccc(O)cc2)NC(=O)C(C(C)C)NC(=O)c2ccccc2NC(=O)C2CCCN2C1=O. The molecule has 0 radical (unpaired) electrons. The van der Waals surface area contributed by atoms with E-state index in [1.165, 1.54) is 43.0 Å².